The number of carbonyl (C=O) groups is 1. The van der Waals surface area contributed by atoms with Crippen molar-refractivity contribution >= 4 is 23.4 Å². The zero-order chi connectivity index (χ0) is 17.7. The topological polar surface area (TPSA) is 38.3 Å². The van der Waals surface area contributed by atoms with Crippen LogP contribution in [0.25, 0.3) is 0 Å². The summed E-state index contributed by atoms with van der Waals surface area (Å²) in [5.74, 6) is 0.441. The molecule has 2 aromatic carbocycles. The van der Waals surface area contributed by atoms with Gasteiger partial charge in [-0.3, -0.25) is 4.79 Å². The zero-order valence-electron chi connectivity index (χ0n) is 13.1. The van der Waals surface area contributed by atoms with Crippen LogP contribution in [0.2, 0.25) is 0 Å². The van der Waals surface area contributed by atoms with Crippen LogP contribution >= 0.6 is 11.8 Å². The fourth-order valence-electron chi connectivity index (χ4n) is 1.90. The summed E-state index contributed by atoms with van der Waals surface area (Å²) >= 11 is 1.35. The van der Waals surface area contributed by atoms with Crippen LogP contribution in [-0.2, 0) is 11.0 Å². The zero-order valence-corrected chi connectivity index (χ0v) is 13.9. The number of alkyl halides is 3. The number of amides is 1. The van der Waals surface area contributed by atoms with Crippen LogP contribution in [0.5, 0.6) is 5.75 Å². The second-order valence-corrected chi connectivity index (χ2v) is 6.41. The molecule has 7 heteroatoms. The van der Waals surface area contributed by atoms with Gasteiger partial charge in [0.25, 0.3) is 0 Å². The van der Waals surface area contributed by atoms with Crippen LogP contribution < -0.4 is 10.1 Å². The summed E-state index contributed by atoms with van der Waals surface area (Å²) in [5.41, 5.74) is -0.420. The van der Waals surface area contributed by atoms with E-state index in [1.807, 2.05) is 12.1 Å². The number of nitrogens with one attached hydrogen (secondary N) is 1. The van der Waals surface area contributed by atoms with Crippen molar-refractivity contribution in [3.63, 3.8) is 0 Å². The van der Waals surface area contributed by atoms with Gasteiger partial charge < -0.3 is 10.1 Å². The van der Waals surface area contributed by atoms with Gasteiger partial charge in [0.1, 0.15) is 5.75 Å². The molecule has 0 aliphatic heterocycles. The molecule has 0 fully saturated rings. The molecule has 0 saturated carbocycles. The Morgan fingerprint density at radius 1 is 1.08 bits per heavy atom. The second-order valence-electron chi connectivity index (χ2n) is 5.00. The van der Waals surface area contributed by atoms with Crippen LogP contribution in [0.4, 0.5) is 18.9 Å². The number of rotatable bonds is 5. The van der Waals surface area contributed by atoms with Crippen LogP contribution in [0, 0.1) is 0 Å². The Kier molecular flexibility index (Phi) is 5.77. The van der Waals surface area contributed by atoms with Gasteiger partial charge in [-0.2, -0.15) is 13.2 Å². The molecule has 0 aliphatic rings. The minimum absolute atomic E-state index is 0.282. The minimum Gasteiger partial charge on any atom is -0.497 e. The highest BCUT2D eigenvalue weighted by atomic mass is 32.2. The van der Waals surface area contributed by atoms with Gasteiger partial charge in [0.05, 0.1) is 17.9 Å². The number of hydrogen-bond acceptors (Lipinski definition) is 3. The molecule has 2 rings (SSSR count). The van der Waals surface area contributed by atoms with Gasteiger partial charge in [0.2, 0.25) is 5.91 Å². The van der Waals surface area contributed by atoms with E-state index in [-0.39, 0.29) is 5.91 Å². The predicted octanol–water partition coefficient (Wildman–Crippen LogP) is 4.83. The first kappa shape index (κ1) is 18.2. The molecule has 0 aliphatic carbocycles. The van der Waals surface area contributed by atoms with E-state index in [2.05, 4.69) is 5.32 Å². The molecule has 24 heavy (non-hydrogen) atoms. The van der Waals surface area contributed by atoms with Crippen molar-refractivity contribution in [3.8, 4) is 5.75 Å². The van der Waals surface area contributed by atoms with E-state index in [4.69, 9.17) is 4.74 Å². The smallest absolute Gasteiger partial charge is 0.416 e. The van der Waals surface area contributed by atoms with E-state index in [9.17, 15) is 18.0 Å². The van der Waals surface area contributed by atoms with Crippen LogP contribution in [0.15, 0.2) is 53.4 Å². The van der Waals surface area contributed by atoms with Crippen molar-refractivity contribution in [2.24, 2.45) is 0 Å². The van der Waals surface area contributed by atoms with Crippen molar-refractivity contribution in [3.05, 3.63) is 54.1 Å². The SMILES string of the molecule is COc1ccc(S[C@H](C)C(=O)Nc2ccc(C(F)(F)F)cc2)cc1. The highest BCUT2D eigenvalue weighted by molar-refractivity contribution is 8.00. The fraction of sp³-hybridized carbons (Fsp3) is 0.235. The molecular weight excluding hydrogens is 339 g/mol. The molecule has 0 heterocycles. The molecule has 0 saturated heterocycles. The number of thioether (sulfide) groups is 1. The van der Waals surface area contributed by atoms with Crippen molar-refractivity contribution < 1.29 is 22.7 Å². The van der Waals surface area contributed by atoms with Gasteiger partial charge in [0.15, 0.2) is 0 Å². The molecule has 0 unspecified atom stereocenters. The Bertz CT molecular complexity index is 684. The van der Waals surface area contributed by atoms with Gasteiger partial charge in [-0.1, -0.05) is 0 Å². The second kappa shape index (κ2) is 7.61. The van der Waals surface area contributed by atoms with Crippen molar-refractivity contribution in [1.29, 1.82) is 0 Å². The molecule has 0 radical (unpaired) electrons. The first-order valence-corrected chi connectivity index (χ1v) is 7.96. The molecule has 1 amide bonds. The maximum Gasteiger partial charge on any atom is 0.416 e. The van der Waals surface area contributed by atoms with Crippen molar-refractivity contribution in [2.45, 2.75) is 23.2 Å². The maximum absolute atomic E-state index is 12.5. The number of halogens is 3. The van der Waals surface area contributed by atoms with Gasteiger partial charge in [-0.05, 0) is 55.5 Å². The summed E-state index contributed by atoms with van der Waals surface area (Å²) in [6, 6.07) is 11.6. The predicted molar refractivity (Wildman–Crippen MR) is 88.4 cm³/mol. The number of carbonyl (C=O) groups excluding carboxylic acids is 1. The number of anilines is 1. The summed E-state index contributed by atoms with van der Waals surface area (Å²) in [6.07, 6.45) is -4.39. The average Bonchev–Trinajstić information content (AvgIpc) is 2.55. The summed E-state index contributed by atoms with van der Waals surface area (Å²) in [7, 11) is 1.57. The molecule has 0 spiro atoms. The molecule has 0 bridgehead atoms. The quantitative estimate of drug-likeness (QED) is 0.781. The maximum atomic E-state index is 12.5. The van der Waals surface area contributed by atoms with E-state index in [1.54, 1.807) is 26.2 Å². The largest absolute Gasteiger partial charge is 0.497 e. The van der Waals surface area contributed by atoms with Gasteiger partial charge >= 0.3 is 6.18 Å². The van der Waals surface area contributed by atoms with Gasteiger partial charge in [-0.15, -0.1) is 11.8 Å². The van der Waals surface area contributed by atoms with Crippen molar-refractivity contribution in [2.75, 3.05) is 12.4 Å². The number of ether oxygens (including phenoxy) is 1. The standard InChI is InChI=1S/C17H16F3NO2S/c1-11(24-15-9-7-14(23-2)8-10-15)16(22)21-13-5-3-12(4-6-13)17(18,19)20/h3-11H,1-2H3,(H,21,22)/t11-/m1/s1. The van der Waals surface area contributed by atoms with Gasteiger partial charge in [0, 0.05) is 10.6 Å². The Morgan fingerprint density at radius 2 is 1.67 bits per heavy atom. The van der Waals surface area contributed by atoms with Crippen LogP contribution in [0.3, 0.4) is 0 Å². The summed E-state index contributed by atoms with van der Waals surface area (Å²) in [6.45, 7) is 1.73. The lowest BCUT2D eigenvalue weighted by Crippen LogP contribution is -2.22. The first-order chi connectivity index (χ1) is 11.3. The normalized spacial score (nSPS) is 12.5. The Labute approximate surface area is 142 Å². The average molecular weight is 355 g/mol. The minimum atomic E-state index is -4.39. The molecule has 0 aromatic heterocycles. The molecule has 1 atom stereocenters. The number of hydrogen-bond donors (Lipinski definition) is 1. The lowest BCUT2D eigenvalue weighted by molar-refractivity contribution is -0.137. The third-order valence-electron chi connectivity index (χ3n) is 3.22. The first-order valence-electron chi connectivity index (χ1n) is 7.08. The Hall–Kier alpha value is -2.15. The van der Waals surface area contributed by atoms with E-state index >= 15 is 0 Å². The highest BCUT2D eigenvalue weighted by Gasteiger charge is 2.30. The molecule has 1 N–H and O–H groups in total. The monoisotopic (exact) mass is 355 g/mol. The van der Waals surface area contributed by atoms with Gasteiger partial charge in [-0.25, -0.2) is 0 Å². The van der Waals surface area contributed by atoms with E-state index in [0.717, 1.165) is 22.8 Å². The Balaban J connectivity index is 1.95. The number of methoxy groups -OCH3 is 1. The molecule has 3 nitrogen and oxygen atoms in total. The lowest BCUT2D eigenvalue weighted by atomic mass is 10.2. The van der Waals surface area contributed by atoms with Crippen LogP contribution in [-0.4, -0.2) is 18.3 Å². The summed E-state index contributed by atoms with van der Waals surface area (Å²) in [5, 5.41) is 2.21. The summed E-state index contributed by atoms with van der Waals surface area (Å²) in [4.78, 5) is 13.0. The van der Waals surface area contributed by atoms with Crippen molar-refractivity contribution in [1.82, 2.24) is 0 Å². The molecule has 128 valence electrons. The lowest BCUT2D eigenvalue weighted by Gasteiger charge is -2.13. The fourth-order valence-corrected chi connectivity index (χ4v) is 2.77. The molecule has 2 aromatic rings. The Morgan fingerprint density at radius 3 is 2.17 bits per heavy atom. The third kappa shape index (κ3) is 4.92. The highest BCUT2D eigenvalue weighted by Crippen LogP contribution is 2.30. The van der Waals surface area contributed by atoms with E-state index in [0.29, 0.717) is 5.69 Å². The van der Waals surface area contributed by atoms with Crippen LogP contribution in [0.1, 0.15) is 12.5 Å². The molecular formula is C17H16F3NO2S. The summed E-state index contributed by atoms with van der Waals surface area (Å²) < 4.78 is 42.6. The third-order valence-corrected chi connectivity index (χ3v) is 4.33. The van der Waals surface area contributed by atoms with E-state index < -0.39 is 17.0 Å². The van der Waals surface area contributed by atoms with E-state index in [1.165, 1.54) is 23.9 Å². The number of benzene rings is 2.